The number of hydrogen-bond acceptors (Lipinski definition) is 7. The molecule has 1 fully saturated rings. The number of unbranched alkanes of at least 4 members (excludes halogenated alkanes) is 1. The van der Waals surface area contributed by atoms with Crippen molar-refractivity contribution in [2.24, 2.45) is 0 Å². The van der Waals surface area contributed by atoms with Crippen molar-refractivity contribution in [3.63, 3.8) is 0 Å². The van der Waals surface area contributed by atoms with Gasteiger partial charge in [-0.25, -0.2) is 9.78 Å². The van der Waals surface area contributed by atoms with Crippen LogP contribution in [-0.4, -0.2) is 45.3 Å². The first-order valence-electron chi connectivity index (χ1n) is 11.1. The van der Waals surface area contributed by atoms with Gasteiger partial charge in [0.1, 0.15) is 5.52 Å². The summed E-state index contributed by atoms with van der Waals surface area (Å²) in [4.78, 5) is 27.3. The van der Waals surface area contributed by atoms with Crippen molar-refractivity contribution in [1.29, 1.82) is 0 Å². The second-order valence-corrected chi connectivity index (χ2v) is 8.11. The first kappa shape index (κ1) is 23.6. The number of hydrogen-bond donors (Lipinski definition) is 2. The molecular weight excluding hydrogens is 451 g/mol. The van der Waals surface area contributed by atoms with Gasteiger partial charge in [-0.1, -0.05) is 12.1 Å². The van der Waals surface area contributed by atoms with Crippen molar-refractivity contribution in [3.05, 3.63) is 41.7 Å². The third-order valence-electron chi connectivity index (χ3n) is 5.59. The number of ether oxygens (including phenoxy) is 1. The van der Waals surface area contributed by atoms with Crippen molar-refractivity contribution in [3.8, 4) is 0 Å². The average molecular weight is 477 g/mol. The van der Waals surface area contributed by atoms with Crippen LogP contribution in [-0.2, 0) is 24.0 Å². The number of imidazole rings is 1. The molecule has 0 radical (unpaired) electrons. The Morgan fingerprint density at radius 1 is 1.18 bits per heavy atom. The highest BCUT2D eigenvalue weighted by Crippen LogP contribution is 2.29. The predicted molar refractivity (Wildman–Crippen MR) is 120 cm³/mol. The molecule has 0 spiro atoms. The van der Waals surface area contributed by atoms with E-state index in [0.29, 0.717) is 47.9 Å². The first-order chi connectivity index (χ1) is 16.3. The van der Waals surface area contributed by atoms with Crippen LogP contribution in [0.3, 0.4) is 0 Å². The minimum Gasteiger partial charge on any atom is -0.450 e. The van der Waals surface area contributed by atoms with Crippen LogP contribution in [0.1, 0.15) is 36.8 Å². The molecule has 0 aliphatic carbocycles. The van der Waals surface area contributed by atoms with Gasteiger partial charge in [-0.05, 0) is 43.4 Å². The first-order valence-corrected chi connectivity index (χ1v) is 11.1. The lowest BCUT2D eigenvalue weighted by Gasteiger charge is -2.15. The maximum Gasteiger partial charge on any atom is 0.416 e. The third kappa shape index (κ3) is 5.67. The van der Waals surface area contributed by atoms with Crippen LogP contribution >= 0.6 is 0 Å². The van der Waals surface area contributed by atoms with Gasteiger partial charge in [0.05, 0.1) is 18.5 Å². The molecule has 1 aromatic carbocycles. The minimum absolute atomic E-state index is 0.0513. The number of benzene rings is 1. The lowest BCUT2D eigenvalue weighted by atomic mass is 10.1. The molecule has 3 N–H and O–H groups in total. The molecule has 34 heavy (non-hydrogen) atoms. The van der Waals surface area contributed by atoms with Crippen LogP contribution in [0.4, 0.5) is 29.7 Å². The summed E-state index contributed by atoms with van der Waals surface area (Å²) in [5, 5.41) is 2.47. The lowest BCUT2D eigenvalue weighted by Crippen LogP contribution is -2.24. The number of alkyl carbamates (subject to hydrolysis) is 1. The summed E-state index contributed by atoms with van der Waals surface area (Å²) in [7, 11) is 0. The van der Waals surface area contributed by atoms with E-state index in [1.807, 2.05) is 4.57 Å². The van der Waals surface area contributed by atoms with Gasteiger partial charge in [0.2, 0.25) is 5.95 Å². The normalized spacial score (nSPS) is 14.0. The maximum absolute atomic E-state index is 12.8. The summed E-state index contributed by atoms with van der Waals surface area (Å²) < 4.78 is 45.3. The molecule has 9 nitrogen and oxygen atoms in total. The molecule has 0 unspecified atom stereocenters. The van der Waals surface area contributed by atoms with E-state index < -0.39 is 17.8 Å². The third-order valence-corrected chi connectivity index (χ3v) is 5.59. The van der Waals surface area contributed by atoms with E-state index in [-0.39, 0.29) is 13.2 Å². The highest BCUT2D eigenvalue weighted by Gasteiger charge is 2.30. The molecule has 182 valence electrons. The summed E-state index contributed by atoms with van der Waals surface area (Å²) in [6, 6.07) is 4.80. The van der Waals surface area contributed by atoms with Crippen LogP contribution in [0, 0.1) is 0 Å². The van der Waals surface area contributed by atoms with E-state index in [1.54, 1.807) is 6.33 Å². The second kappa shape index (κ2) is 10.1. The Hall–Kier alpha value is -3.57. The Labute approximate surface area is 194 Å². The molecule has 1 aliphatic heterocycles. The Kier molecular flexibility index (Phi) is 7.03. The predicted octanol–water partition coefficient (Wildman–Crippen LogP) is 3.73. The molecule has 1 amide bonds. The standard InChI is InChI=1S/C22H26F3N7O2/c23-22(24,25)16-7-5-6-15(12-16)13-27-21(33)34-11-4-3-10-32-14-28-17-18(26)29-20(30-19(17)32)31-8-1-2-9-31/h5-7,12,14H,1-4,8-11,13H2,(H,27,33)(H2,26,29,30). The summed E-state index contributed by atoms with van der Waals surface area (Å²) in [5.74, 6) is 0.969. The molecule has 3 aromatic rings. The maximum atomic E-state index is 12.8. The van der Waals surface area contributed by atoms with Crippen molar-refractivity contribution in [2.45, 2.75) is 44.9 Å². The number of nitrogens with zero attached hydrogens (tertiary/aromatic N) is 5. The molecule has 4 rings (SSSR count). The van der Waals surface area contributed by atoms with Gasteiger partial charge in [0.15, 0.2) is 11.5 Å². The summed E-state index contributed by atoms with van der Waals surface area (Å²) in [6.07, 6.45) is 0.0750. The molecule has 1 aliphatic rings. The fourth-order valence-electron chi connectivity index (χ4n) is 3.81. The fraction of sp³-hybridized carbons (Fsp3) is 0.455. The Morgan fingerprint density at radius 3 is 2.74 bits per heavy atom. The summed E-state index contributed by atoms with van der Waals surface area (Å²) >= 11 is 0. The van der Waals surface area contributed by atoms with Gasteiger partial charge in [-0.3, -0.25) is 0 Å². The average Bonchev–Trinajstić information content (AvgIpc) is 3.48. The highest BCUT2D eigenvalue weighted by atomic mass is 19.4. The van der Waals surface area contributed by atoms with Crippen LogP contribution in [0.5, 0.6) is 0 Å². The van der Waals surface area contributed by atoms with Crippen LogP contribution in [0.25, 0.3) is 11.2 Å². The van der Waals surface area contributed by atoms with Gasteiger partial charge in [-0.2, -0.15) is 23.1 Å². The van der Waals surface area contributed by atoms with E-state index in [0.717, 1.165) is 38.1 Å². The van der Waals surface area contributed by atoms with Gasteiger partial charge in [0, 0.05) is 26.2 Å². The number of rotatable bonds is 8. The largest absolute Gasteiger partial charge is 0.450 e. The smallest absolute Gasteiger partial charge is 0.416 e. The Balaban J connectivity index is 1.22. The van der Waals surface area contributed by atoms with Crippen molar-refractivity contribution in [1.82, 2.24) is 24.8 Å². The summed E-state index contributed by atoms with van der Waals surface area (Å²) in [5.41, 5.74) is 6.90. The zero-order valence-corrected chi connectivity index (χ0v) is 18.5. The topological polar surface area (TPSA) is 111 Å². The monoisotopic (exact) mass is 477 g/mol. The van der Waals surface area contributed by atoms with E-state index in [1.165, 1.54) is 12.1 Å². The Morgan fingerprint density at radius 2 is 1.97 bits per heavy atom. The number of fused-ring (bicyclic) bond motifs is 1. The van der Waals surface area contributed by atoms with Crippen LogP contribution in [0.2, 0.25) is 0 Å². The molecule has 0 saturated carbocycles. The number of anilines is 2. The number of nitrogens with one attached hydrogen (secondary N) is 1. The number of alkyl halides is 3. The molecular formula is C22H26F3N7O2. The van der Waals surface area contributed by atoms with E-state index in [4.69, 9.17) is 10.5 Å². The van der Waals surface area contributed by atoms with Gasteiger partial charge in [-0.15, -0.1) is 0 Å². The number of carbonyl (C=O) groups is 1. The van der Waals surface area contributed by atoms with Crippen molar-refractivity contribution < 1.29 is 22.7 Å². The molecule has 3 heterocycles. The van der Waals surface area contributed by atoms with Crippen molar-refractivity contribution >= 4 is 29.0 Å². The van der Waals surface area contributed by atoms with E-state index >= 15 is 0 Å². The van der Waals surface area contributed by atoms with Gasteiger partial charge in [0.25, 0.3) is 0 Å². The number of amides is 1. The number of carbonyl (C=O) groups excluding carboxylic acids is 1. The molecule has 12 heteroatoms. The number of aryl methyl sites for hydroxylation is 1. The lowest BCUT2D eigenvalue weighted by molar-refractivity contribution is -0.137. The SMILES string of the molecule is Nc1nc(N2CCCC2)nc2c1ncn2CCCCOC(=O)NCc1cccc(C(F)(F)F)c1. The molecule has 0 atom stereocenters. The fourth-order valence-corrected chi connectivity index (χ4v) is 3.81. The number of nitrogens with two attached hydrogens (primary N) is 1. The molecule has 1 saturated heterocycles. The van der Waals surface area contributed by atoms with E-state index in [2.05, 4.69) is 25.2 Å². The number of nitrogen functional groups attached to an aromatic ring is 1. The second-order valence-electron chi connectivity index (χ2n) is 8.11. The quantitative estimate of drug-likeness (QED) is 0.476. The Bertz CT molecular complexity index is 1140. The van der Waals surface area contributed by atoms with Gasteiger partial charge >= 0.3 is 12.3 Å². The number of halogens is 3. The zero-order valence-electron chi connectivity index (χ0n) is 18.5. The van der Waals surface area contributed by atoms with Crippen molar-refractivity contribution in [2.75, 3.05) is 30.3 Å². The summed E-state index contributed by atoms with van der Waals surface area (Å²) in [6.45, 7) is 2.56. The molecule has 0 bridgehead atoms. The zero-order chi connectivity index (χ0) is 24.1. The number of aromatic nitrogens is 4. The van der Waals surface area contributed by atoms with Crippen LogP contribution < -0.4 is 16.0 Å². The van der Waals surface area contributed by atoms with Gasteiger partial charge < -0.3 is 25.3 Å². The highest BCUT2D eigenvalue weighted by molar-refractivity contribution is 5.83. The van der Waals surface area contributed by atoms with E-state index in [9.17, 15) is 18.0 Å². The minimum atomic E-state index is -4.43. The molecule has 2 aromatic heterocycles. The van der Waals surface area contributed by atoms with Crippen LogP contribution in [0.15, 0.2) is 30.6 Å².